The van der Waals surface area contributed by atoms with Crippen molar-refractivity contribution in [2.24, 2.45) is 0 Å². The summed E-state index contributed by atoms with van der Waals surface area (Å²) in [7, 11) is 3.04. The summed E-state index contributed by atoms with van der Waals surface area (Å²) in [4.78, 5) is 30.5. The number of piperidine rings is 1. The Morgan fingerprint density at radius 1 is 1.08 bits per heavy atom. The van der Waals surface area contributed by atoms with E-state index >= 15 is 0 Å². The first kappa shape index (κ1) is 27.2. The second kappa shape index (κ2) is 11.7. The lowest BCUT2D eigenvalue weighted by Gasteiger charge is -2.37. The van der Waals surface area contributed by atoms with Crippen molar-refractivity contribution in [3.63, 3.8) is 0 Å². The van der Waals surface area contributed by atoms with E-state index < -0.39 is 23.5 Å². The molecule has 0 bridgehead atoms. The molecule has 2 aliphatic heterocycles. The lowest BCUT2D eigenvalue weighted by atomic mass is 9.86. The number of rotatable bonds is 7. The molecular formula is C28H30F3N5O2. The van der Waals surface area contributed by atoms with Crippen LogP contribution in [0.25, 0.3) is 0 Å². The number of urea groups is 1. The van der Waals surface area contributed by atoms with Crippen molar-refractivity contribution in [3.05, 3.63) is 82.3 Å². The molecule has 1 fully saturated rings. The van der Waals surface area contributed by atoms with E-state index in [1.165, 1.54) is 48.3 Å². The molecule has 7 nitrogen and oxygen atoms in total. The quantitative estimate of drug-likeness (QED) is 0.548. The summed E-state index contributed by atoms with van der Waals surface area (Å²) < 4.78 is 40.9. The maximum Gasteiger partial charge on any atom is 0.324 e. The minimum atomic E-state index is -1.05. The molecule has 2 aromatic rings. The standard InChI is InChI=1S/C28H30F3N5O2/c1-34-17-23(26(35(2)28(34)38)19-4-7-24(30)25(31)15-19)27(37)33-10-3-11-36-12-8-18(9-13-36)22-6-5-21(29)14-20(22)16-32/h4-7,14-15,17-18,26H,3,8-13H2,1-2H3,(H,33,37). The molecule has 2 aliphatic rings. The fraction of sp³-hybridized carbons (Fsp3) is 0.393. The highest BCUT2D eigenvalue weighted by Gasteiger charge is 2.35. The number of nitrogens with one attached hydrogen (secondary N) is 1. The van der Waals surface area contributed by atoms with E-state index in [4.69, 9.17) is 0 Å². The van der Waals surface area contributed by atoms with Crippen LogP contribution in [0.15, 0.2) is 48.2 Å². The molecule has 2 aromatic carbocycles. The number of halogens is 3. The molecule has 4 rings (SSSR count). The van der Waals surface area contributed by atoms with Crippen LogP contribution in [0.5, 0.6) is 0 Å². The minimum Gasteiger partial charge on any atom is -0.352 e. The predicted molar refractivity (Wildman–Crippen MR) is 135 cm³/mol. The van der Waals surface area contributed by atoms with Gasteiger partial charge in [0, 0.05) is 26.8 Å². The number of likely N-dealkylation sites (tertiary alicyclic amines) is 1. The Labute approximate surface area is 220 Å². The number of carbonyl (C=O) groups excluding carboxylic acids is 2. The fourth-order valence-corrected chi connectivity index (χ4v) is 5.23. The Morgan fingerprint density at radius 3 is 2.50 bits per heavy atom. The Hall–Kier alpha value is -3.84. The zero-order valence-corrected chi connectivity index (χ0v) is 21.4. The van der Waals surface area contributed by atoms with Crippen LogP contribution in [-0.2, 0) is 4.79 Å². The molecule has 38 heavy (non-hydrogen) atoms. The molecule has 1 saturated heterocycles. The van der Waals surface area contributed by atoms with E-state index in [1.54, 1.807) is 6.07 Å². The molecule has 1 unspecified atom stereocenters. The highest BCUT2D eigenvalue weighted by Crippen LogP contribution is 2.33. The lowest BCUT2D eigenvalue weighted by Crippen LogP contribution is -2.46. The lowest BCUT2D eigenvalue weighted by molar-refractivity contribution is -0.118. The van der Waals surface area contributed by atoms with E-state index in [9.17, 15) is 28.0 Å². The van der Waals surface area contributed by atoms with Gasteiger partial charge in [-0.1, -0.05) is 12.1 Å². The Kier molecular flexibility index (Phi) is 8.37. The predicted octanol–water partition coefficient (Wildman–Crippen LogP) is 4.28. The molecule has 10 heteroatoms. The Morgan fingerprint density at radius 2 is 1.82 bits per heavy atom. The average molecular weight is 526 g/mol. The topological polar surface area (TPSA) is 79.7 Å². The molecule has 0 spiro atoms. The van der Waals surface area contributed by atoms with Crippen LogP contribution in [0.4, 0.5) is 18.0 Å². The highest BCUT2D eigenvalue weighted by atomic mass is 19.2. The van der Waals surface area contributed by atoms with Crippen LogP contribution in [0, 0.1) is 28.8 Å². The highest BCUT2D eigenvalue weighted by molar-refractivity contribution is 5.97. The molecule has 1 atom stereocenters. The van der Waals surface area contributed by atoms with Crippen molar-refractivity contribution in [2.45, 2.75) is 31.2 Å². The number of hydrogen-bond acceptors (Lipinski definition) is 4. The van der Waals surface area contributed by atoms with Gasteiger partial charge in [0.1, 0.15) is 5.82 Å². The van der Waals surface area contributed by atoms with Crippen LogP contribution >= 0.6 is 0 Å². The molecule has 0 aromatic heterocycles. The van der Waals surface area contributed by atoms with Gasteiger partial charge in [0.2, 0.25) is 0 Å². The molecule has 0 radical (unpaired) electrons. The van der Waals surface area contributed by atoms with Crippen molar-refractivity contribution in [1.82, 2.24) is 20.0 Å². The number of likely N-dealkylation sites (N-methyl/N-ethyl adjacent to an activating group) is 1. The summed E-state index contributed by atoms with van der Waals surface area (Å²) in [5, 5.41) is 12.2. The average Bonchev–Trinajstić information content (AvgIpc) is 2.91. The summed E-state index contributed by atoms with van der Waals surface area (Å²) >= 11 is 0. The summed E-state index contributed by atoms with van der Waals surface area (Å²) in [6.45, 7) is 2.84. The monoisotopic (exact) mass is 525 g/mol. The van der Waals surface area contributed by atoms with Crippen LogP contribution in [-0.4, -0.2) is 66.9 Å². The summed E-state index contributed by atoms with van der Waals surface area (Å²) in [5.74, 6) is -2.63. The molecule has 0 aliphatic carbocycles. The van der Waals surface area contributed by atoms with E-state index in [0.29, 0.717) is 24.1 Å². The third kappa shape index (κ3) is 5.83. The normalized spacial score (nSPS) is 18.8. The van der Waals surface area contributed by atoms with Gasteiger partial charge in [0.05, 0.1) is 23.2 Å². The number of nitriles is 1. The smallest absolute Gasteiger partial charge is 0.324 e. The van der Waals surface area contributed by atoms with Gasteiger partial charge < -0.3 is 20.0 Å². The van der Waals surface area contributed by atoms with Crippen molar-refractivity contribution in [3.8, 4) is 6.07 Å². The van der Waals surface area contributed by atoms with E-state index in [-0.39, 0.29) is 23.4 Å². The molecule has 3 amide bonds. The van der Waals surface area contributed by atoms with Gasteiger partial charge in [0.25, 0.3) is 5.91 Å². The van der Waals surface area contributed by atoms with E-state index in [1.807, 2.05) is 0 Å². The maximum absolute atomic E-state index is 13.9. The Balaban J connectivity index is 1.31. The number of benzene rings is 2. The number of carbonyl (C=O) groups is 2. The number of nitrogens with zero attached hydrogens (tertiary/aromatic N) is 4. The van der Waals surface area contributed by atoms with Crippen molar-refractivity contribution >= 4 is 11.9 Å². The van der Waals surface area contributed by atoms with Crippen molar-refractivity contribution in [1.29, 1.82) is 5.26 Å². The first-order valence-electron chi connectivity index (χ1n) is 12.6. The number of hydrogen-bond donors (Lipinski definition) is 1. The third-order valence-electron chi connectivity index (χ3n) is 7.24. The third-order valence-corrected chi connectivity index (χ3v) is 7.24. The summed E-state index contributed by atoms with van der Waals surface area (Å²) in [6.07, 6.45) is 3.85. The Bertz CT molecular complexity index is 1280. The zero-order valence-electron chi connectivity index (χ0n) is 21.4. The molecule has 0 saturated carbocycles. The van der Waals surface area contributed by atoms with Gasteiger partial charge in [-0.3, -0.25) is 4.79 Å². The van der Waals surface area contributed by atoms with Gasteiger partial charge >= 0.3 is 6.03 Å². The molecular weight excluding hydrogens is 495 g/mol. The molecule has 200 valence electrons. The summed E-state index contributed by atoms with van der Waals surface area (Å²) in [5.41, 5.74) is 1.85. The van der Waals surface area contributed by atoms with Crippen LogP contribution in [0.3, 0.4) is 0 Å². The van der Waals surface area contributed by atoms with Gasteiger partial charge in [-0.25, -0.2) is 18.0 Å². The summed E-state index contributed by atoms with van der Waals surface area (Å²) in [6, 6.07) is 8.62. The second-order valence-electron chi connectivity index (χ2n) is 9.73. The van der Waals surface area contributed by atoms with E-state index in [2.05, 4.69) is 16.3 Å². The van der Waals surface area contributed by atoms with Crippen LogP contribution in [0.2, 0.25) is 0 Å². The largest absolute Gasteiger partial charge is 0.352 e. The minimum absolute atomic E-state index is 0.212. The van der Waals surface area contributed by atoms with Crippen molar-refractivity contribution < 1.29 is 22.8 Å². The van der Waals surface area contributed by atoms with Gasteiger partial charge in [-0.2, -0.15) is 5.26 Å². The SMILES string of the molecule is CN1C=C(C(=O)NCCCN2CCC(c3ccc(F)cc3C#N)CC2)C(c2ccc(F)c(F)c2)N(C)C1=O. The van der Waals surface area contributed by atoms with Crippen molar-refractivity contribution in [2.75, 3.05) is 40.3 Å². The van der Waals surface area contributed by atoms with Gasteiger partial charge in [-0.15, -0.1) is 0 Å². The molecule has 2 heterocycles. The second-order valence-corrected chi connectivity index (χ2v) is 9.73. The maximum atomic E-state index is 13.9. The zero-order chi connectivity index (χ0) is 27.4. The van der Waals surface area contributed by atoms with Gasteiger partial charge in [0.15, 0.2) is 11.6 Å². The van der Waals surface area contributed by atoms with Crippen LogP contribution < -0.4 is 5.32 Å². The fourth-order valence-electron chi connectivity index (χ4n) is 5.23. The first-order chi connectivity index (χ1) is 18.2. The van der Waals surface area contributed by atoms with E-state index in [0.717, 1.165) is 50.2 Å². The number of amides is 3. The van der Waals surface area contributed by atoms with Gasteiger partial charge in [-0.05, 0) is 80.2 Å². The first-order valence-corrected chi connectivity index (χ1v) is 12.6. The molecule has 1 N–H and O–H groups in total. The van der Waals surface area contributed by atoms with Crippen LogP contribution in [0.1, 0.15) is 47.9 Å².